The van der Waals surface area contributed by atoms with Gasteiger partial charge >= 0.3 is 0 Å². The van der Waals surface area contributed by atoms with E-state index in [-0.39, 0.29) is 30.1 Å². The molecule has 3 aromatic rings. The normalized spacial score (nSPS) is 11.4. The molecule has 33 heavy (non-hydrogen) atoms. The number of halogens is 2. The molecule has 0 bridgehead atoms. The Balaban J connectivity index is 1.71. The largest absolute Gasteiger partial charge is 0.326 e. The summed E-state index contributed by atoms with van der Waals surface area (Å²) in [5, 5.41) is 11.2. The zero-order valence-electron chi connectivity index (χ0n) is 19.4. The van der Waals surface area contributed by atoms with Crippen molar-refractivity contribution >= 4 is 46.5 Å². The lowest BCUT2D eigenvalue weighted by Crippen LogP contribution is -2.18. The van der Waals surface area contributed by atoms with E-state index in [0.29, 0.717) is 21.6 Å². The lowest BCUT2D eigenvalue weighted by atomic mass is 9.92. The van der Waals surface area contributed by atoms with Gasteiger partial charge in [-0.3, -0.25) is 9.59 Å². The molecule has 0 saturated heterocycles. The van der Waals surface area contributed by atoms with Crippen LogP contribution in [0.1, 0.15) is 50.4 Å². The van der Waals surface area contributed by atoms with E-state index in [2.05, 4.69) is 15.7 Å². The molecule has 8 heteroatoms. The topological polar surface area (TPSA) is 76.0 Å². The smallest absolute Gasteiger partial charge is 0.226 e. The molecule has 0 aliphatic carbocycles. The van der Waals surface area contributed by atoms with E-state index in [9.17, 15) is 9.59 Å². The van der Waals surface area contributed by atoms with Crippen molar-refractivity contribution in [2.45, 2.75) is 52.9 Å². The fourth-order valence-corrected chi connectivity index (χ4v) is 3.42. The van der Waals surface area contributed by atoms with Crippen LogP contribution >= 0.6 is 23.2 Å². The number of carbonyl (C=O) groups is 2. The number of nitrogens with zero attached hydrogens (tertiary/aromatic N) is 2. The second-order valence-electron chi connectivity index (χ2n) is 9.07. The lowest BCUT2D eigenvalue weighted by molar-refractivity contribution is -0.121. The van der Waals surface area contributed by atoms with Crippen LogP contribution in [0.4, 0.5) is 11.5 Å². The summed E-state index contributed by atoms with van der Waals surface area (Å²) in [6.07, 6.45) is 0.0971. The van der Waals surface area contributed by atoms with Gasteiger partial charge in [0.15, 0.2) is 0 Å². The van der Waals surface area contributed by atoms with E-state index in [1.807, 2.05) is 58.9 Å². The minimum absolute atomic E-state index is 0.0358. The number of benzene rings is 2. The highest BCUT2D eigenvalue weighted by Gasteiger charge is 2.22. The molecule has 0 aliphatic rings. The first-order chi connectivity index (χ1) is 15.4. The van der Waals surface area contributed by atoms with Gasteiger partial charge in [0.2, 0.25) is 11.8 Å². The summed E-state index contributed by atoms with van der Waals surface area (Å²) in [7, 11) is 0. The van der Waals surface area contributed by atoms with Gasteiger partial charge in [-0.1, -0.05) is 50.0 Å². The van der Waals surface area contributed by atoms with Crippen LogP contribution in [0.2, 0.25) is 10.0 Å². The molecule has 0 aliphatic heterocycles. The van der Waals surface area contributed by atoms with Gasteiger partial charge < -0.3 is 10.6 Å². The number of anilines is 2. The number of aromatic nitrogens is 2. The van der Waals surface area contributed by atoms with Crippen molar-refractivity contribution in [2.75, 3.05) is 10.6 Å². The third-order valence-corrected chi connectivity index (χ3v) is 6.00. The monoisotopic (exact) mass is 486 g/mol. The second-order valence-corrected chi connectivity index (χ2v) is 9.88. The van der Waals surface area contributed by atoms with Crippen LogP contribution in [0.25, 0.3) is 5.69 Å². The first-order valence-corrected chi connectivity index (χ1v) is 11.4. The molecule has 0 unspecified atom stereocenters. The molecule has 3 rings (SSSR count). The Labute approximate surface area is 204 Å². The number of hydrogen-bond donors (Lipinski definition) is 2. The maximum absolute atomic E-state index is 12.7. The van der Waals surface area contributed by atoms with Crippen molar-refractivity contribution in [2.24, 2.45) is 0 Å². The molecule has 0 fully saturated rings. The summed E-state index contributed by atoms with van der Waals surface area (Å²) in [4.78, 5) is 25.0. The Bertz CT molecular complexity index is 1200. The molecule has 1 heterocycles. The van der Waals surface area contributed by atoms with Crippen LogP contribution < -0.4 is 10.6 Å². The van der Waals surface area contributed by atoms with Crippen LogP contribution in [-0.4, -0.2) is 21.6 Å². The molecule has 0 atom stereocenters. The standard InChI is InChI=1S/C25H28Cl2N4O2/c1-15-6-7-17(12-16(15)2)28-23(32)10-11-24(33)29-22-14-21(25(3,4)5)30-31(22)18-8-9-19(26)20(27)13-18/h6-9,12-14H,10-11H2,1-5H3,(H,28,32)(H,29,33). The average molecular weight is 487 g/mol. The van der Waals surface area contributed by atoms with Gasteiger partial charge in [-0.25, -0.2) is 4.68 Å². The van der Waals surface area contributed by atoms with E-state index in [0.717, 1.165) is 22.5 Å². The van der Waals surface area contributed by atoms with Crippen molar-refractivity contribution in [3.05, 3.63) is 69.3 Å². The fourth-order valence-electron chi connectivity index (χ4n) is 3.13. The number of aryl methyl sites for hydroxylation is 2. The van der Waals surface area contributed by atoms with Crippen LogP contribution in [0.15, 0.2) is 42.5 Å². The summed E-state index contributed by atoms with van der Waals surface area (Å²) in [6.45, 7) is 10.1. The number of hydrogen-bond acceptors (Lipinski definition) is 3. The first kappa shape index (κ1) is 24.8. The maximum atomic E-state index is 12.7. The fraction of sp³-hybridized carbons (Fsp3) is 0.320. The highest BCUT2D eigenvalue weighted by atomic mass is 35.5. The number of nitrogens with one attached hydrogen (secondary N) is 2. The zero-order valence-corrected chi connectivity index (χ0v) is 20.9. The summed E-state index contributed by atoms with van der Waals surface area (Å²) in [6, 6.07) is 12.7. The van der Waals surface area contributed by atoms with E-state index in [1.54, 1.807) is 22.9 Å². The Morgan fingerprint density at radius 2 is 1.55 bits per heavy atom. The third-order valence-electron chi connectivity index (χ3n) is 5.26. The van der Waals surface area contributed by atoms with Gasteiger partial charge in [-0.05, 0) is 55.3 Å². The highest BCUT2D eigenvalue weighted by molar-refractivity contribution is 6.42. The minimum atomic E-state index is -0.285. The van der Waals surface area contributed by atoms with Crippen LogP contribution in [0, 0.1) is 13.8 Å². The third kappa shape index (κ3) is 6.36. The van der Waals surface area contributed by atoms with E-state index in [4.69, 9.17) is 23.2 Å². The van der Waals surface area contributed by atoms with Gasteiger partial charge in [-0.2, -0.15) is 5.10 Å². The molecule has 6 nitrogen and oxygen atoms in total. The predicted octanol–water partition coefficient (Wildman–Crippen LogP) is 6.45. The molecular weight excluding hydrogens is 459 g/mol. The minimum Gasteiger partial charge on any atom is -0.326 e. The molecule has 174 valence electrons. The van der Waals surface area contributed by atoms with Gasteiger partial charge in [0.25, 0.3) is 0 Å². The van der Waals surface area contributed by atoms with Gasteiger partial charge in [0.05, 0.1) is 21.4 Å². The summed E-state index contributed by atoms with van der Waals surface area (Å²) < 4.78 is 1.62. The SMILES string of the molecule is Cc1ccc(NC(=O)CCC(=O)Nc2cc(C(C)(C)C)nn2-c2ccc(Cl)c(Cl)c2)cc1C. The lowest BCUT2D eigenvalue weighted by Gasteiger charge is -2.14. The Morgan fingerprint density at radius 1 is 0.879 bits per heavy atom. The van der Waals surface area contributed by atoms with Crippen LogP contribution in [0.3, 0.4) is 0 Å². The highest BCUT2D eigenvalue weighted by Crippen LogP contribution is 2.29. The molecule has 2 aromatic carbocycles. The van der Waals surface area contributed by atoms with Gasteiger partial charge in [0.1, 0.15) is 5.82 Å². The zero-order chi connectivity index (χ0) is 24.3. The maximum Gasteiger partial charge on any atom is 0.226 e. The average Bonchev–Trinajstić information content (AvgIpc) is 3.15. The summed E-state index contributed by atoms with van der Waals surface area (Å²) in [5.41, 5.74) is 4.21. The van der Waals surface area contributed by atoms with Crippen LogP contribution in [0.5, 0.6) is 0 Å². The quantitative estimate of drug-likeness (QED) is 0.420. The van der Waals surface area contributed by atoms with E-state index in [1.165, 1.54) is 0 Å². The Morgan fingerprint density at radius 3 is 2.15 bits per heavy atom. The number of amides is 2. The van der Waals surface area contributed by atoms with E-state index >= 15 is 0 Å². The Hall–Kier alpha value is -2.83. The molecule has 2 amide bonds. The number of rotatable bonds is 6. The van der Waals surface area contributed by atoms with E-state index < -0.39 is 0 Å². The molecule has 1 aromatic heterocycles. The van der Waals surface area contributed by atoms with Gasteiger partial charge in [-0.15, -0.1) is 0 Å². The summed E-state index contributed by atoms with van der Waals surface area (Å²) >= 11 is 12.2. The first-order valence-electron chi connectivity index (χ1n) is 10.7. The van der Waals surface area contributed by atoms with Crippen molar-refractivity contribution in [3.63, 3.8) is 0 Å². The molecular formula is C25H28Cl2N4O2. The van der Waals surface area contributed by atoms with Crippen molar-refractivity contribution in [1.29, 1.82) is 0 Å². The number of carbonyl (C=O) groups excluding carboxylic acids is 2. The van der Waals surface area contributed by atoms with Crippen molar-refractivity contribution < 1.29 is 9.59 Å². The molecule has 0 spiro atoms. The van der Waals surface area contributed by atoms with Crippen molar-refractivity contribution in [3.8, 4) is 5.69 Å². The molecule has 0 radical (unpaired) electrons. The molecule has 2 N–H and O–H groups in total. The second kappa shape index (κ2) is 9.98. The summed E-state index contributed by atoms with van der Waals surface area (Å²) in [5.74, 6) is -0.00781. The van der Waals surface area contributed by atoms with Crippen molar-refractivity contribution in [1.82, 2.24) is 9.78 Å². The van der Waals surface area contributed by atoms with Crippen LogP contribution in [-0.2, 0) is 15.0 Å². The molecule has 0 saturated carbocycles. The Kier molecular flexibility index (Phi) is 7.50. The predicted molar refractivity (Wildman–Crippen MR) is 135 cm³/mol. The van der Waals surface area contributed by atoms with Gasteiger partial charge in [0, 0.05) is 30.0 Å².